The van der Waals surface area contributed by atoms with E-state index in [1.807, 2.05) is 37.5 Å². The number of fused-ring (bicyclic) bond motifs is 1. The van der Waals surface area contributed by atoms with Gasteiger partial charge in [0.1, 0.15) is 10.1 Å². The van der Waals surface area contributed by atoms with Gasteiger partial charge in [-0.2, -0.15) is 0 Å². The maximum absolute atomic E-state index is 13.2. The Morgan fingerprint density at radius 1 is 1.00 bits per heavy atom. The number of rotatable bonds is 10. The zero-order valence-corrected chi connectivity index (χ0v) is 24.4. The Morgan fingerprint density at radius 2 is 1.78 bits per heavy atom. The van der Waals surface area contributed by atoms with Gasteiger partial charge in [0.05, 0.1) is 31.3 Å². The summed E-state index contributed by atoms with van der Waals surface area (Å²) in [5, 5.41) is 10.3. The van der Waals surface area contributed by atoms with Crippen LogP contribution >= 0.6 is 24.0 Å². The Labute approximate surface area is 247 Å². The quantitative estimate of drug-likeness (QED) is 0.133. The normalized spacial score (nSPS) is 14.2. The van der Waals surface area contributed by atoms with Gasteiger partial charge in [0.15, 0.2) is 11.5 Å². The summed E-state index contributed by atoms with van der Waals surface area (Å²) in [4.78, 5) is 26.5. The van der Waals surface area contributed by atoms with Crippen molar-refractivity contribution >= 4 is 57.2 Å². The highest BCUT2D eigenvalue weighted by atomic mass is 32.2. The maximum Gasteiger partial charge on any atom is 0.335 e. The van der Waals surface area contributed by atoms with Gasteiger partial charge in [-0.15, -0.1) is 0 Å². The lowest BCUT2D eigenvalue weighted by Crippen LogP contribution is -2.29. The van der Waals surface area contributed by atoms with E-state index in [1.165, 1.54) is 31.0 Å². The van der Waals surface area contributed by atoms with Gasteiger partial charge in [-0.1, -0.05) is 36.1 Å². The Kier molecular flexibility index (Phi) is 8.32. The largest absolute Gasteiger partial charge is 0.496 e. The molecule has 1 aliphatic heterocycles. The number of benzene rings is 3. The van der Waals surface area contributed by atoms with Crippen LogP contribution in [0, 0.1) is 0 Å². The number of hydrogen-bond acceptors (Lipinski definition) is 7. The molecule has 5 rings (SSSR count). The molecule has 1 N–H and O–H groups in total. The number of thiocarbonyl (C=S) groups is 1. The second-order valence-corrected chi connectivity index (χ2v) is 11.0. The first kappa shape index (κ1) is 28.3. The van der Waals surface area contributed by atoms with Gasteiger partial charge in [0.2, 0.25) is 0 Å². The van der Waals surface area contributed by atoms with Crippen LogP contribution in [0.4, 0.5) is 0 Å². The first-order valence-electron chi connectivity index (χ1n) is 12.8. The smallest absolute Gasteiger partial charge is 0.335 e. The number of ether oxygens (including phenoxy) is 3. The van der Waals surface area contributed by atoms with E-state index < -0.39 is 5.97 Å². The summed E-state index contributed by atoms with van der Waals surface area (Å²) in [6, 6.07) is 18.7. The molecule has 41 heavy (non-hydrogen) atoms. The summed E-state index contributed by atoms with van der Waals surface area (Å²) in [6.45, 7) is 0.689. The van der Waals surface area contributed by atoms with E-state index in [2.05, 4.69) is 28.8 Å². The van der Waals surface area contributed by atoms with Gasteiger partial charge in [0, 0.05) is 36.3 Å². The third-order valence-electron chi connectivity index (χ3n) is 6.79. The highest BCUT2D eigenvalue weighted by Gasteiger charge is 2.31. The van der Waals surface area contributed by atoms with E-state index in [1.54, 1.807) is 18.1 Å². The lowest BCUT2D eigenvalue weighted by molar-refractivity contribution is -0.122. The molecule has 1 amide bonds. The summed E-state index contributed by atoms with van der Waals surface area (Å²) in [6.07, 6.45) is 4.42. The molecule has 3 aromatic carbocycles. The highest BCUT2D eigenvalue weighted by molar-refractivity contribution is 8.26. The molecular weight excluding hydrogens is 560 g/mol. The Bertz CT molecular complexity index is 1690. The van der Waals surface area contributed by atoms with Crippen LogP contribution in [0.2, 0.25) is 0 Å². The third kappa shape index (κ3) is 5.94. The van der Waals surface area contributed by atoms with Gasteiger partial charge in [-0.05, 0) is 72.2 Å². The van der Waals surface area contributed by atoms with Gasteiger partial charge in [-0.3, -0.25) is 9.69 Å². The van der Waals surface area contributed by atoms with Gasteiger partial charge >= 0.3 is 5.97 Å². The Morgan fingerprint density at radius 3 is 2.54 bits per heavy atom. The summed E-state index contributed by atoms with van der Waals surface area (Å²) < 4.78 is 19.3. The molecule has 0 radical (unpaired) electrons. The molecule has 1 aliphatic rings. The fourth-order valence-corrected chi connectivity index (χ4v) is 5.97. The Balaban J connectivity index is 1.27. The highest BCUT2D eigenvalue weighted by Crippen LogP contribution is 2.36. The fourth-order valence-electron chi connectivity index (χ4n) is 4.66. The molecule has 1 fully saturated rings. The molecule has 4 aromatic rings. The van der Waals surface area contributed by atoms with Crippen molar-refractivity contribution in [1.29, 1.82) is 0 Å². The number of thioether (sulfide) groups is 1. The number of carbonyl (C=O) groups is 2. The maximum atomic E-state index is 13.2. The van der Waals surface area contributed by atoms with Gasteiger partial charge in [-0.25, -0.2) is 4.79 Å². The summed E-state index contributed by atoms with van der Waals surface area (Å²) in [5.41, 5.74) is 4.09. The van der Waals surface area contributed by atoms with E-state index >= 15 is 0 Å². The molecule has 10 heteroatoms. The molecule has 1 aromatic heterocycles. The Hall–Kier alpha value is -4.28. The zero-order valence-electron chi connectivity index (χ0n) is 22.7. The van der Waals surface area contributed by atoms with Crippen LogP contribution in [0.1, 0.15) is 22.3 Å². The number of carboxylic acid groups (broad SMARTS) is 1. The van der Waals surface area contributed by atoms with Crippen LogP contribution in [0.3, 0.4) is 0 Å². The first-order valence-corrected chi connectivity index (χ1v) is 14.0. The van der Waals surface area contributed by atoms with Crippen LogP contribution in [0.25, 0.3) is 28.1 Å². The van der Waals surface area contributed by atoms with Gasteiger partial charge in [0.25, 0.3) is 5.91 Å². The van der Waals surface area contributed by atoms with Crippen LogP contribution in [0.15, 0.2) is 71.8 Å². The minimum atomic E-state index is -1.04. The number of amides is 1. The predicted molar refractivity (Wildman–Crippen MR) is 165 cm³/mol. The molecule has 0 spiro atoms. The number of nitrogens with zero attached hydrogens (tertiary/aromatic N) is 2. The second-order valence-electron chi connectivity index (χ2n) is 9.37. The monoisotopic (exact) mass is 588 g/mol. The number of methoxy groups -OCH3 is 2. The summed E-state index contributed by atoms with van der Waals surface area (Å²) >= 11 is 6.79. The number of aromatic carboxylic acids is 1. The van der Waals surface area contributed by atoms with Crippen molar-refractivity contribution in [3.63, 3.8) is 0 Å². The van der Waals surface area contributed by atoms with Crippen LogP contribution in [0.5, 0.6) is 17.2 Å². The average Bonchev–Trinajstić information content (AvgIpc) is 3.48. The van der Waals surface area contributed by atoms with Crippen molar-refractivity contribution in [2.24, 2.45) is 7.05 Å². The van der Waals surface area contributed by atoms with E-state index in [4.69, 9.17) is 31.5 Å². The third-order valence-corrected chi connectivity index (χ3v) is 8.16. The molecule has 2 heterocycles. The van der Waals surface area contributed by atoms with E-state index in [0.717, 1.165) is 33.3 Å². The molecule has 1 saturated heterocycles. The van der Waals surface area contributed by atoms with Crippen LogP contribution in [-0.2, 0) is 11.8 Å². The van der Waals surface area contributed by atoms with Crippen molar-refractivity contribution in [3.05, 3.63) is 82.9 Å². The van der Waals surface area contributed by atoms with E-state index in [0.29, 0.717) is 40.3 Å². The van der Waals surface area contributed by atoms with E-state index in [-0.39, 0.29) is 11.5 Å². The standard InChI is InChI=1S/C31H28N2O6S2/c1-32-13-11-21-17-20(6-8-24(21)32)23-15-19(5-9-25(23)37-2)16-28-29(34)33(31(40)41-28)12-4-14-39-26-10-7-22(30(35)36)18-27(26)38-3/h5-11,13,15-18H,4,12,14H2,1-3H3,(H,35,36)/b28-16-. The number of hydrogen-bond donors (Lipinski definition) is 1. The zero-order chi connectivity index (χ0) is 29.1. The van der Waals surface area contributed by atoms with Crippen molar-refractivity contribution in [3.8, 4) is 28.4 Å². The SMILES string of the molecule is COc1cc(C(=O)O)ccc1OCCCN1C(=O)/C(=C/c2ccc(OC)c(-c3ccc4c(ccn4C)c3)c2)SC1=S. The average molecular weight is 589 g/mol. The second kappa shape index (κ2) is 12.1. The lowest BCUT2D eigenvalue weighted by Gasteiger charge is -2.15. The number of carbonyl (C=O) groups excluding carboxylic acids is 1. The van der Waals surface area contributed by atoms with Crippen molar-refractivity contribution in [2.45, 2.75) is 6.42 Å². The molecular formula is C31H28N2O6S2. The van der Waals surface area contributed by atoms with E-state index in [9.17, 15) is 9.59 Å². The minimum absolute atomic E-state index is 0.111. The van der Waals surface area contributed by atoms with Crippen LogP contribution in [-0.4, -0.2) is 58.1 Å². The summed E-state index contributed by atoms with van der Waals surface area (Å²) in [5.74, 6) is 0.327. The summed E-state index contributed by atoms with van der Waals surface area (Å²) in [7, 11) is 5.12. The molecule has 0 bridgehead atoms. The molecule has 0 saturated carbocycles. The van der Waals surface area contributed by atoms with Crippen molar-refractivity contribution in [2.75, 3.05) is 27.4 Å². The lowest BCUT2D eigenvalue weighted by atomic mass is 10.00. The predicted octanol–water partition coefficient (Wildman–Crippen LogP) is 6.23. The molecule has 0 atom stereocenters. The first-order chi connectivity index (χ1) is 19.8. The molecule has 210 valence electrons. The van der Waals surface area contributed by atoms with Crippen molar-refractivity contribution < 1.29 is 28.9 Å². The minimum Gasteiger partial charge on any atom is -0.496 e. The number of aromatic nitrogens is 1. The molecule has 8 nitrogen and oxygen atoms in total. The number of carboxylic acids is 1. The van der Waals surface area contributed by atoms with Crippen molar-refractivity contribution in [1.82, 2.24) is 9.47 Å². The molecule has 0 unspecified atom stereocenters. The van der Waals surface area contributed by atoms with Crippen LogP contribution < -0.4 is 14.2 Å². The fraction of sp³-hybridized carbons (Fsp3) is 0.194. The number of aryl methyl sites for hydroxylation is 1. The molecule has 0 aliphatic carbocycles. The topological polar surface area (TPSA) is 90.2 Å². The van der Waals surface area contributed by atoms with Gasteiger partial charge < -0.3 is 23.9 Å².